The molecule has 0 radical (unpaired) electrons. The molecule has 3 aromatic rings. The van der Waals surface area contributed by atoms with Crippen LogP contribution < -0.4 is 10.6 Å². The van der Waals surface area contributed by atoms with E-state index in [2.05, 4.69) is 43.9 Å². The van der Waals surface area contributed by atoms with E-state index in [4.69, 9.17) is 19.9 Å². The highest BCUT2D eigenvalue weighted by Crippen LogP contribution is 2.36. The number of rotatable bonds is 9. The van der Waals surface area contributed by atoms with Gasteiger partial charge in [0.15, 0.2) is 14.0 Å². The topological polar surface area (TPSA) is 98.2 Å². The molecule has 9 nitrogen and oxygen atoms in total. The summed E-state index contributed by atoms with van der Waals surface area (Å²) in [6, 6.07) is 6.47. The maximum atomic E-state index is 14.8. The van der Waals surface area contributed by atoms with Gasteiger partial charge >= 0.3 is 6.09 Å². The highest BCUT2D eigenvalue weighted by molar-refractivity contribution is 6.74. The standard InChI is InChI=1S/C31H47FN6O3Si/c1-30(2,3)41-29(39)37(16-13-23-10-9-15-36(23)18-19-40-42(7,8)31(4,5)6)27-14-17-38-28(35-27)25(21-34-38)24-20-22(33)11-12-26(24)32/h11-12,14,17,20-21,23H,9-10,13,15-16,18-19,33H2,1-8H3. The third kappa shape index (κ3) is 7.48. The minimum absolute atomic E-state index is 0.174. The molecule has 0 spiro atoms. The molecule has 1 aliphatic heterocycles. The Balaban J connectivity index is 1.55. The van der Waals surface area contributed by atoms with Crippen molar-refractivity contribution in [3.8, 4) is 11.1 Å². The second-order valence-corrected chi connectivity index (χ2v) is 18.5. The number of ether oxygens (including phenoxy) is 1. The van der Waals surface area contributed by atoms with Gasteiger partial charge in [0.1, 0.15) is 17.2 Å². The first kappa shape index (κ1) is 31.9. The molecule has 1 atom stereocenters. The summed E-state index contributed by atoms with van der Waals surface area (Å²) in [5.74, 6) is 0.00257. The summed E-state index contributed by atoms with van der Waals surface area (Å²) in [7, 11) is -1.81. The van der Waals surface area contributed by atoms with E-state index in [1.54, 1.807) is 33.9 Å². The van der Waals surface area contributed by atoms with E-state index in [-0.39, 0.29) is 5.04 Å². The van der Waals surface area contributed by atoms with Crippen LogP contribution in [0.15, 0.2) is 36.7 Å². The Bertz CT molecular complexity index is 1400. The molecule has 1 fully saturated rings. The second-order valence-electron chi connectivity index (χ2n) is 13.7. The van der Waals surface area contributed by atoms with Crippen molar-refractivity contribution in [2.75, 3.05) is 36.9 Å². The number of carbonyl (C=O) groups excluding carboxylic acids is 1. The first-order chi connectivity index (χ1) is 19.6. The Labute approximate surface area is 250 Å². The van der Waals surface area contributed by atoms with E-state index in [1.807, 2.05) is 20.8 Å². The zero-order valence-corrected chi connectivity index (χ0v) is 27.4. The Hall–Kier alpha value is -3.02. The third-order valence-electron chi connectivity index (χ3n) is 8.36. The van der Waals surface area contributed by atoms with E-state index in [9.17, 15) is 9.18 Å². The molecule has 3 heterocycles. The smallest absolute Gasteiger partial charge is 0.416 e. The maximum Gasteiger partial charge on any atom is 0.416 e. The van der Waals surface area contributed by atoms with Crippen molar-refractivity contribution >= 4 is 31.6 Å². The van der Waals surface area contributed by atoms with Gasteiger partial charge in [0, 0.05) is 48.7 Å². The van der Waals surface area contributed by atoms with Crippen LogP contribution in [0.5, 0.6) is 0 Å². The fourth-order valence-electron chi connectivity index (χ4n) is 4.99. The molecule has 1 unspecified atom stereocenters. The SMILES string of the molecule is CC(C)(C)OC(=O)N(CCC1CCCN1CCO[Si](C)(C)C(C)(C)C)c1ccn2ncc(-c3cc(N)ccc3F)c2n1. The summed E-state index contributed by atoms with van der Waals surface area (Å²) in [6.45, 7) is 19.9. The van der Waals surface area contributed by atoms with Crippen LogP contribution >= 0.6 is 0 Å². The number of hydrogen-bond acceptors (Lipinski definition) is 7. The quantitative estimate of drug-likeness (QED) is 0.215. The maximum absolute atomic E-state index is 14.8. The van der Waals surface area contributed by atoms with Gasteiger partial charge in [-0.2, -0.15) is 5.10 Å². The van der Waals surface area contributed by atoms with Crippen molar-refractivity contribution in [3.63, 3.8) is 0 Å². The number of nitrogens with two attached hydrogens (primary N) is 1. The normalized spacial score (nSPS) is 16.7. The number of likely N-dealkylation sites (tertiary alicyclic amines) is 1. The van der Waals surface area contributed by atoms with Gasteiger partial charge in [-0.1, -0.05) is 20.8 Å². The Kier molecular flexibility index (Phi) is 9.34. The molecule has 11 heteroatoms. The fraction of sp³-hybridized carbons (Fsp3) is 0.581. The predicted octanol–water partition coefficient (Wildman–Crippen LogP) is 6.74. The van der Waals surface area contributed by atoms with E-state index in [0.717, 1.165) is 32.4 Å². The average molecular weight is 599 g/mol. The van der Waals surface area contributed by atoms with Crippen molar-refractivity contribution in [1.29, 1.82) is 0 Å². The summed E-state index contributed by atoms with van der Waals surface area (Å²) < 4.78 is 28.6. The number of benzene rings is 1. The number of anilines is 2. The van der Waals surface area contributed by atoms with Crippen LogP contribution in [0.2, 0.25) is 18.1 Å². The lowest BCUT2D eigenvalue weighted by atomic mass is 10.1. The minimum Gasteiger partial charge on any atom is -0.443 e. The number of halogens is 1. The number of aromatic nitrogens is 3. The summed E-state index contributed by atoms with van der Waals surface area (Å²) in [6.07, 6.45) is 5.76. The zero-order valence-electron chi connectivity index (χ0n) is 26.4. The molecular weight excluding hydrogens is 551 g/mol. The molecule has 0 bridgehead atoms. The Morgan fingerprint density at radius 1 is 1.17 bits per heavy atom. The summed E-state index contributed by atoms with van der Waals surface area (Å²) >= 11 is 0. The van der Waals surface area contributed by atoms with Crippen LogP contribution in [0, 0.1) is 5.82 Å². The lowest BCUT2D eigenvalue weighted by molar-refractivity contribution is 0.0575. The molecule has 1 saturated heterocycles. The van der Waals surface area contributed by atoms with Crippen molar-refractivity contribution in [2.24, 2.45) is 0 Å². The number of nitrogens with zero attached hydrogens (tertiary/aromatic N) is 5. The molecule has 230 valence electrons. The molecule has 1 aliphatic rings. The second kappa shape index (κ2) is 12.3. The van der Waals surface area contributed by atoms with Gasteiger partial charge in [0.25, 0.3) is 0 Å². The predicted molar refractivity (Wildman–Crippen MR) is 169 cm³/mol. The Morgan fingerprint density at radius 3 is 2.60 bits per heavy atom. The van der Waals surface area contributed by atoms with E-state index in [1.165, 1.54) is 12.1 Å². The van der Waals surface area contributed by atoms with Crippen LogP contribution in [0.4, 0.5) is 20.7 Å². The number of carbonyl (C=O) groups is 1. The van der Waals surface area contributed by atoms with Gasteiger partial charge in [-0.15, -0.1) is 0 Å². The van der Waals surface area contributed by atoms with Crippen LogP contribution in [0.1, 0.15) is 60.8 Å². The minimum atomic E-state index is -1.81. The number of fused-ring (bicyclic) bond motifs is 1. The molecule has 1 aromatic carbocycles. The van der Waals surface area contributed by atoms with E-state index in [0.29, 0.717) is 47.5 Å². The average Bonchev–Trinajstić information content (AvgIpc) is 3.50. The van der Waals surface area contributed by atoms with Gasteiger partial charge < -0.3 is 14.9 Å². The van der Waals surface area contributed by atoms with Crippen LogP contribution in [0.3, 0.4) is 0 Å². The highest BCUT2D eigenvalue weighted by atomic mass is 28.4. The van der Waals surface area contributed by atoms with Crippen LogP contribution in [0.25, 0.3) is 16.8 Å². The largest absolute Gasteiger partial charge is 0.443 e. The van der Waals surface area contributed by atoms with Gasteiger partial charge in [-0.3, -0.25) is 9.80 Å². The lowest BCUT2D eigenvalue weighted by Crippen LogP contribution is -2.44. The molecule has 0 saturated carbocycles. The van der Waals surface area contributed by atoms with E-state index < -0.39 is 25.8 Å². The molecule has 2 aromatic heterocycles. The Morgan fingerprint density at radius 2 is 1.90 bits per heavy atom. The van der Waals surface area contributed by atoms with Gasteiger partial charge in [0.05, 0.1) is 6.20 Å². The third-order valence-corrected chi connectivity index (χ3v) is 12.9. The van der Waals surface area contributed by atoms with Crippen molar-refractivity contribution in [2.45, 2.75) is 90.6 Å². The van der Waals surface area contributed by atoms with Crippen LogP contribution in [-0.4, -0.2) is 71.8 Å². The van der Waals surface area contributed by atoms with E-state index >= 15 is 0 Å². The lowest BCUT2D eigenvalue weighted by Gasteiger charge is -2.37. The van der Waals surface area contributed by atoms with Gasteiger partial charge in [-0.05, 0) is 89.0 Å². The molecule has 42 heavy (non-hydrogen) atoms. The molecule has 2 N–H and O–H groups in total. The highest BCUT2D eigenvalue weighted by Gasteiger charge is 2.37. The van der Waals surface area contributed by atoms with Crippen LogP contribution in [-0.2, 0) is 9.16 Å². The molecular formula is C31H47FN6O3Si. The number of hydrogen-bond donors (Lipinski definition) is 1. The molecule has 0 aliphatic carbocycles. The molecule has 1 amide bonds. The van der Waals surface area contributed by atoms with Gasteiger partial charge in [-0.25, -0.2) is 18.7 Å². The first-order valence-electron chi connectivity index (χ1n) is 14.8. The summed E-state index contributed by atoms with van der Waals surface area (Å²) in [5.41, 5.74) is 6.93. The molecule has 4 rings (SSSR count). The number of amides is 1. The fourth-order valence-corrected chi connectivity index (χ4v) is 6.03. The van der Waals surface area contributed by atoms with Crippen molar-refractivity contribution < 1.29 is 18.3 Å². The van der Waals surface area contributed by atoms with Gasteiger partial charge in [0.2, 0.25) is 0 Å². The summed E-state index contributed by atoms with van der Waals surface area (Å²) in [4.78, 5) is 22.3. The first-order valence-corrected chi connectivity index (χ1v) is 17.7. The van der Waals surface area contributed by atoms with Crippen molar-refractivity contribution in [1.82, 2.24) is 19.5 Å². The monoisotopic (exact) mass is 598 g/mol. The van der Waals surface area contributed by atoms with Crippen molar-refractivity contribution in [3.05, 3.63) is 42.5 Å². The summed E-state index contributed by atoms with van der Waals surface area (Å²) in [5, 5.41) is 4.52. The number of nitrogen functional groups attached to an aromatic ring is 1. The zero-order chi connectivity index (χ0) is 30.9.